The van der Waals surface area contributed by atoms with Crippen LogP contribution in [0.2, 0.25) is 0 Å². The summed E-state index contributed by atoms with van der Waals surface area (Å²) in [4.78, 5) is 30.3. The van der Waals surface area contributed by atoms with Crippen molar-refractivity contribution in [1.82, 2.24) is 4.90 Å². The predicted octanol–water partition coefficient (Wildman–Crippen LogP) is 4.80. The molecule has 4 rings (SSSR count). The van der Waals surface area contributed by atoms with E-state index in [2.05, 4.69) is 5.32 Å². The molecule has 2 aromatic rings. The first kappa shape index (κ1) is 24.5. The SMILES string of the molecule is CN(C(=O)CSc1ccccc1C(=O)Nc1ccc(N2CCOCC2)c(F)c1)C1CCCCC1. The fourth-order valence-corrected chi connectivity index (χ4v) is 5.51. The van der Waals surface area contributed by atoms with Crippen LogP contribution in [0.1, 0.15) is 42.5 Å². The van der Waals surface area contributed by atoms with Crippen molar-refractivity contribution < 1.29 is 18.7 Å². The number of carbonyl (C=O) groups excluding carboxylic acids is 2. The second kappa shape index (κ2) is 11.7. The highest BCUT2D eigenvalue weighted by atomic mass is 32.2. The number of rotatable bonds is 7. The van der Waals surface area contributed by atoms with Crippen molar-refractivity contribution >= 4 is 35.0 Å². The van der Waals surface area contributed by atoms with E-state index < -0.39 is 0 Å². The lowest BCUT2D eigenvalue weighted by Gasteiger charge is -2.31. The number of hydrogen-bond donors (Lipinski definition) is 1. The quantitative estimate of drug-likeness (QED) is 0.571. The van der Waals surface area contributed by atoms with Gasteiger partial charge in [-0.15, -0.1) is 11.8 Å². The van der Waals surface area contributed by atoms with Gasteiger partial charge in [0, 0.05) is 36.8 Å². The van der Waals surface area contributed by atoms with Crippen LogP contribution in [0.4, 0.5) is 15.8 Å². The molecule has 0 bridgehead atoms. The number of nitrogens with zero attached hydrogens (tertiary/aromatic N) is 2. The highest BCUT2D eigenvalue weighted by Gasteiger charge is 2.23. The van der Waals surface area contributed by atoms with Gasteiger partial charge >= 0.3 is 0 Å². The summed E-state index contributed by atoms with van der Waals surface area (Å²) in [6.45, 7) is 2.43. The van der Waals surface area contributed by atoms with Crippen molar-refractivity contribution in [2.75, 3.05) is 49.3 Å². The predicted molar refractivity (Wildman–Crippen MR) is 134 cm³/mol. The zero-order chi connectivity index (χ0) is 23.9. The van der Waals surface area contributed by atoms with Crippen molar-refractivity contribution in [3.8, 4) is 0 Å². The van der Waals surface area contributed by atoms with Crippen molar-refractivity contribution in [2.24, 2.45) is 0 Å². The summed E-state index contributed by atoms with van der Waals surface area (Å²) in [5, 5.41) is 2.80. The molecule has 1 saturated carbocycles. The molecular weight excluding hydrogens is 453 g/mol. The second-order valence-corrected chi connectivity index (χ2v) is 9.82. The Balaban J connectivity index is 1.38. The monoisotopic (exact) mass is 485 g/mol. The number of thioether (sulfide) groups is 1. The number of amides is 2. The third-order valence-electron chi connectivity index (χ3n) is 6.56. The summed E-state index contributed by atoms with van der Waals surface area (Å²) in [6, 6.07) is 12.3. The van der Waals surface area contributed by atoms with Gasteiger partial charge in [-0.1, -0.05) is 31.4 Å². The standard InChI is InChI=1S/C26H32FN3O3S/c1-29(20-7-3-2-4-8-20)25(31)18-34-24-10-6-5-9-21(24)26(32)28-19-11-12-23(22(27)17-19)30-13-15-33-16-14-30/h5-6,9-12,17,20H,2-4,7-8,13-16,18H2,1H3,(H,28,32). The van der Waals surface area contributed by atoms with Gasteiger partial charge < -0.3 is 19.9 Å². The van der Waals surface area contributed by atoms with Crippen LogP contribution < -0.4 is 10.2 Å². The molecule has 6 nitrogen and oxygen atoms in total. The molecule has 0 unspecified atom stereocenters. The van der Waals surface area contributed by atoms with Crippen LogP contribution >= 0.6 is 11.8 Å². The number of hydrogen-bond acceptors (Lipinski definition) is 5. The molecule has 2 aliphatic rings. The largest absolute Gasteiger partial charge is 0.378 e. The molecule has 1 saturated heterocycles. The summed E-state index contributed by atoms with van der Waals surface area (Å²) >= 11 is 1.37. The van der Waals surface area contributed by atoms with Gasteiger partial charge in [0.1, 0.15) is 5.82 Å². The minimum absolute atomic E-state index is 0.0767. The maximum Gasteiger partial charge on any atom is 0.256 e. The van der Waals surface area contributed by atoms with E-state index in [-0.39, 0.29) is 23.4 Å². The Morgan fingerprint density at radius 3 is 2.59 bits per heavy atom. The van der Waals surface area contributed by atoms with Gasteiger partial charge in [-0.3, -0.25) is 9.59 Å². The molecule has 1 N–H and O–H groups in total. The second-order valence-electron chi connectivity index (χ2n) is 8.80. The summed E-state index contributed by atoms with van der Waals surface area (Å²) in [5.41, 5.74) is 1.38. The van der Waals surface area contributed by atoms with Gasteiger partial charge in [0.25, 0.3) is 5.91 Å². The maximum atomic E-state index is 14.7. The zero-order valence-electron chi connectivity index (χ0n) is 19.6. The number of morpholine rings is 1. The van der Waals surface area contributed by atoms with E-state index >= 15 is 0 Å². The summed E-state index contributed by atoms with van der Waals surface area (Å²) in [6.07, 6.45) is 5.72. The van der Waals surface area contributed by atoms with Gasteiger partial charge in [-0.25, -0.2) is 4.39 Å². The van der Waals surface area contributed by atoms with Crippen LogP contribution in [-0.4, -0.2) is 61.9 Å². The lowest BCUT2D eigenvalue weighted by molar-refractivity contribution is -0.129. The fraction of sp³-hybridized carbons (Fsp3) is 0.462. The van der Waals surface area contributed by atoms with E-state index in [1.165, 1.54) is 37.1 Å². The smallest absolute Gasteiger partial charge is 0.256 e. The topological polar surface area (TPSA) is 61.9 Å². The molecule has 182 valence electrons. The molecule has 0 aromatic heterocycles. The van der Waals surface area contributed by atoms with Crippen LogP contribution in [-0.2, 0) is 9.53 Å². The van der Waals surface area contributed by atoms with Crippen LogP contribution in [0, 0.1) is 5.82 Å². The molecule has 0 radical (unpaired) electrons. The van der Waals surface area contributed by atoms with Gasteiger partial charge in [0.15, 0.2) is 0 Å². The lowest BCUT2D eigenvalue weighted by Crippen LogP contribution is -2.39. The van der Waals surface area contributed by atoms with Gasteiger partial charge in [0.05, 0.1) is 30.2 Å². The summed E-state index contributed by atoms with van der Waals surface area (Å²) < 4.78 is 20.1. The third-order valence-corrected chi connectivity index (χ3v) is 7.61. The van der Waals surface area contributed by atoms with Crippen LogP contribution in [0.3, 0.4) is 0 Å². The highest BCUT2D eigenvalue weighted by Crippen LogP contribution is 2.28. The average Bonchev–Trinajstić information content (AvgIpc) is 2.88. The molecule has 1 heterocycles. The van der Waals surface area contributed by atoms with E-state index in [0.717, 1.165) is 17.7 Å². The van der Waals surface area contributed by atoms with Crippen molar-refractivity contribution in [3.63, 3.8) is 0 Å². The Morgan fingerprint density at radius 1 is 1.12 bits per heavy atom. The van der Waals surface area contributed by atoms with Crippen LogP contribution in [0.15, 0.2) is 47.4 Å². The molecule has 2 fully saturated rings. The summed E-state index contributed by atoms with van der Waals surface area (Å²) in [5.74, 6) is -0.346. The lowest BCUT2D eigenvalue weighted by atomic mass is 9.94. The number of anilines is 2. The number of carbonyl (C=O) groups is 2. The van der Waals surface area contributed by atoms with Gasteiger partial charge in [-0.2, -0.15) is 0 Å². The Bertz CT molecular complexity index is 1010. The first-order valence-electron chi connectivity index (χ1n) is 11.9. The molecule has 8 heteroatoms. The Morgan fingerprint density at radius 2 is 1.85 bits per heavy atom. The van der Waals surface area contributed by atoms with Gasteiger partial charge in [-0.05, 0) is 43.2 Å². The Kier molecular flexibility index (Phi) is 8.45. The molecular formula is C26H32FN3O3S. The molecule has 2 amide bonds. The van der Waals surface area contributed by atoms with E-state index in [1.807, 2.05) is 29.0 Å². The van der Waals surface area contributed by atoms with Crippen LogP contribution in [0.25, 0.3) is 0 Å². The molecule has 34 heavy (non-hydrogen) atoms. The molecule has 0 spiro atoms. The fourth-order valence-electron chi connectivity index (χ4n) is 4.54. The summed E-state index contributed by atoms with van der Waals surface area (Å²) in [7, 11) is 1.88. The number of halogens is 1. The molecule has 0 atom stereocenters. The van der Waals surface area contributed by atoms with Crippen molar-refractivity contribution in [2.45, 2.75) is 43.0 Å². The van der Waals surface area contributed by atoms with E-state index in [4.69, 9.17) is 4.74 Å². The zero-order valence-corrected chi connectivity index (χ0v) is 20.4. The van der Waals surface area contributed by atoms with E-state index in [0.29, 0.717) is 49.3 Å². The molecule has 1 aliphatic heterocycles. The number of ether oxygens (including phenoxy) is 1. The van der Waals surface area contributed by atoms with E-state index in [1.54, 1.807) is 24.3 Å². The number of benzene rings is 2. The molecule has 1 aliphatic carbocycles. The van der Waals surface area contributed by atoms with E-state index in [9.17, 15) is 14.0 Å². The van der Waals surface area contributed by atoms with Crippen LogP contribution in [0.5, 0.6) is 0 Å². The highest BCUT2D eigenvalue weighted by molar-refractivity contribution is 8.00. The normalized spacial score (nSPS) is 16.8. The average molecular weight is 486 g/mol. The van der Waals surface area contributed by atoms with Crippen molar-refractivity contribution in [1.29, 1.82) is 0 Å². The first-order valence-corrected chi connectivity index (χ1v) is 12.9. The minimum atomic E-state index is -0.376. The maximum absolute atomic E-state index is 14.7. The Labute approximate surface area is 204 Å². The first-order chi connectivity index (χ1) is 16.5. The Hall–Kier alpha value is -2.58. The number of nitrogens with one attached hydrogen (secondary N) is 1. The third kappa shape index (κ3) is 6.10. The molecule has 2 aromatic carbocycles. The minimum Gasteiger partial charge on any atom is -0.378 e. The van der Waals surface area contributed by atoms with Crippen molar-refractivity contribution in [3.05, 3.63) is 53.8 Å². The van der Waals surface area contributed by atoms with Gasteiger partial charge in [0.2, 0.25) is 5.91 Å².